The molecule has 0 spiro atoms. The van der Waals surface area contributed by atoms with E-state index in [1.807, 2.05) is 22.7 Å². The van der Waals surface area contributed by atoms with E-state index in [0.717, 1.165) is 36.7 Å². The van der Waals surface area contributed by atoms with E-state index in [0.29, 0.717) is 17.1 Å². The van der Waals surface area contributed by atoms with Crippen molar-refractivity contribution >= 4 is 11.5 Å². The maximum Gasteiger partial charge on any atom is 0.433 e. The predicted molar refractivity (Wildman–Crippen MR) is 92.5 cm³/mol. The van der Waals surface area contributed by atoms with Gasteiger partial charge in [0, 0.05) is 43.6 Å². The molecule has 0 aliphatic carbocycles. The Hall–Kier alpha value is -2.62. The molecule has 0 bridgehead atoms. The minimum atomic E-state index is -4.49. The number of aromatic nitrogens is 5. The lowest BCUT2D eigenvalue weighted by atomic mass is 10.1. The lowest BCUT2D eigenvalue weighted by Crippen LogP contribution is -2.46. The summed E-state index contributed by atoms with van der Waals surface area (Å²) in [6.45, 7) is 4.46. The number of anilines is 1. The summed E-state index contributed by atoms with van der Waals surface area (Å²) in [5.74, 6) is 0.486. The van der Waals surface area contributed by atoms with Crippen molar-refractivity contribution in [3.63, 3.8) is 0 Å². The third-order valence-corrected chi connectivity index (χ3v) is 5.39. The van der Waals surface area contributed by atoms with Crippen LogP contribution in [0.2, 0.25) is 0 Å². The van der Waals surface area contributed by atoms with Crippen LogP contribution in [0.15, 0.2) is 24.8 Å². The Kier molecular flexibility index (Phi) is 3.48. The van der Waals surface area contributed by atoms with Crippen LogP contribution in [0.4, 0.5) is 19.0 Å². The molecule has 0 unspecified atom stereocenters. The van der Waals surface area contributed by atoms with E-state index < -0.39 is 11.9 Å². The van der Waals surface area contributed by atoms with Crippen molar-refractivity contribution < 1.29 is 13.2 Å². The molecule has 1 atom stereocenters. The molecule has 1 N–H and O–H groups in total. The summed E-state index contributed by atoms with van der Waals surface area (Å²) >= 11 is 0. The Morgan fingerprint density at radius 1 is 1.19 bits per heavy atom. The maximum absolute atomic E-state index is 13.4. The summed E-state index contributed by atoms with van der Waals surface area (Å²) in [7, 11) is 0. The third-order valence-electron chi connectivity index (χ3n) is 5.39. The number of hydrogen-bond acceptors (Lipinski definition) is 5. The summed E-state index contributed by atoms with van der Waals surface area (Å²) in [4.78, 5) is 10.7. The molecule has 0 radical (unpaired) electrons. The van der Waals surface area contributed by atoms with Crippen LogP contribution in [0.25, 0.3) is 16.9 Å². The summed E-state index contributed by atoms with van der Waals surface area (Å²) < 4.78 is 43.2. The molecule has 0 saturated carbocycles. The topological polar surface area (TPSA) is 63.3 Å². The van der Waals surface area contributed by atoms with Crippen molar-refractivity contribution in [1.29, 1.82) is 0 Å². The lowest BCUT2D eigenvalue weighted by molar-refractivity contribution is -0.141. The van der Waals surface area contributed by atoms with Crippen LogP contribution in [-0.2, 0) is 6.18 Å². The molecule has 2 aliphatic rings. The van der Waals surface area contributed by atoms with E-state index in [-0.39, 0.29) is 17.7 Å². The van der Waals surface area contributed by atoms with Gasteiger partial charge in [0.05, 0.1) is 24.1 Å². The molecule has 0 amide bonds. The van der Waals surface area contributed by atoms with E-state index in [9.17, 15) is 13.2 Å². The number of nitrogens with zero attached hydrogens (tertiary/aromatic N) is 6. The maximum atomic E-state index is 13.4. The van der Waals surface area contributed by atoms with Gasteiger partial charge in [0.15, 0.2) is 11.5 Å². The first-order valence-corrected chi connectivity index (χ1v) is 8.89. The van der Waals surface area contributed by atoms with Crippen molar-refractivity contribution in [2.45, 2.75) is 31.6 Å². The smallest absolute Gasteiger partial charge is 0.351 e. The molecule has 7 nitrogen and oxygen atoms in total. The molecular formula is C17H18F3N7. The highest BCUT2D eigenvalue weighted by Gasteiger charge is 2.36. The highest BCUT2D eigenvalue weighted by atomic mass is 19.4. The minimum absolute atomic E-state index is 0.228. The Labute approximate surface area is 152 Å². The molecule has 2 fully saturated rings. The van der Waals surface area contributed by atoms with Crippen LogP contribution in [-0.4, -0.2) is 49.8 Å². The third kappa shape index (κ3) is 2.58. The van der Waals surface area contributed by atoms with E-state index in [1.54, 1.807) is 6.20 Å². The molecule has 5 rings (SSSR count). The van der Waals surface area contributed by atoms with Gasteiger partial charge in [-0.15, -0.1) is 0 Å². The fraction of sp³-hybridized carbons (Fsp3) is 0.471. The second-order valence-corrected chi connectivity index (χ2v) is 7.14. The number of nitrogens with one attached hydrogen (secondary N) is 1. The molecule has 142 valence electrons. The molecule has 10 heteroatoms. The van der Waals surface area contributed by atoms with E-state index in [2.05, 4.69) is 20.4 Å². The van der Waals surface area contributed by atoms with Gasteiger partial charge in [-0.1, -0.05) is 0 Å². The zero-order chi connectivity index (χ0) is 18.8. The van der Waals surface area contributed by atoms with Crippen LogP contribution in [0.3, 0.4) is 0 Å². The van der Waals surface area contributed by atoms with Crippen molar-refractivity contribution in [3.05, 3.63) is 30.5 Å². The van der Waals surface area contributed by atoms with Gasteiger partial charge < -0.3 is 10.2 Å². The second kappa shape index (κ2) is 5.69. The zero-order valence-electron chi connectivity index (χ0n) is 14.6. The van der Waals surface area contributed by atoms with Crippen LogP contribution < -0.4 is 10.2 Å². The van der Waals surface area contributed by atoms with Gasteiger partial charge in [0.25, 0.3) is 0 Å². The summed E-state index contributed by atoms with van der Waals surface area (Å²) in [5, 5.41) is 7.53. The lowest BCUT2D eigenvalue weighted by Gasteiger charge is -2.39. The number of fused-ring (bicyclic) bond motifs is 1. The van der Waals surface area contributed by atoms with E-state index in [1.165, 1.54) is 6.20 Å². The summed E-state index contributed by atoms with van der Waals surface area (Å²) in [5.41, 5.74) is 0.582. The zero-order valence-corrected chi connectivity index (χ0v) is 14.6. The van der Waals surface area contributed by atoms with E-state index >= 15 is 0 Å². The fourth-order valence-electron chi connectivity index (χ4n) is 3.48. The predicted octanol–water partition coefficient (Wildman–Crippen LogP) is 2.35. The van der Waals surface area contributed by atoms with Crippen LogP contribution in [0.5, 0.6) is 0 Å². The molecule has 2 aliphatic heterocycles. The number of hydrogen-bond donors (Lipinski definition) is 1. The quantitative estimate of drug-likeness (QED) is 0.759. The molecule has 2 saturated heterocycles. The molecule has 3 aromatic rings. The first kappa shape index (κ1) is 16.5. The number of alkyl halides is 3. The monoisotopic (exact) mass is 377 g/mol. The SMILES string of the molecule is C[C@H]1CCN1c1nc(-c2cnn(C3CNC3)c2)cn2c(C(F)(F)F)cnc12. The minimum Gasteiger partial charge on any atom is -0.351 e. The van der Waals surface area contributed by atoms with Crippen molar-refractivity contribution in [1.82, 2.24) is 29.5 Å². The van der Waals surface area contributed by atoms with Crippen LogP contribution in [0.1, 0.15) is 25.1 Å². The van der Waals surface area contributed by atoms with E-state index in [4.69, 9.17) is 0 Å². The largest absolute Gasteiger partial charge is 0.433 e. The highest BCUT2D eigenvalue weighted by Crippen LogP contribution is 2.35. The number of imidazole rings is 1. The first-order valence-electron chi connectivity index (χ1n) is 8.89. The van der Waals surface area contributed by atoms with Gasteiger partial charge in [-0.3, -0.25) is 9.08 Å². The Morgan fingerprint density at radius 2 is 2.00 bits per heavy atom. The van der Waals surface area contributed by atoms with Gasteiger partial charge in [0.2, 0.25) is 0 Å². The van der Waals surface area contributed by atoms with Gasteiger partial charge >= 0.3 is 6.18 Å². The number of rotatable bonds is 3. The molecule has 5 heterocycles. The normalized spacial score (nSPS) is 20.7. The van der Waals surface area contributed by atoms with Gasteiger partial charge in [0.1, 0.15) is 5.69 Å². The Balaban J connectivity index is 1.66. The van der Waals surface area contributed by atoms with Crippen LogP contribution in [0, 0.1) is 0 Å². The summed E-state index contributed by atoms with van der Waals surface area (Å²) in [6.07, 6.45) is 2.26. The summed E-state index contributed by atoms with van der Waals surface area (Å²) in [6, 6.07) is 0.502. The van der Waals surface area contributed by atoms with Crippen molar-refractivity contribution in [2.75, 3.05) is 24.5 Å². The molecule has 27 heavy (non-hydrogen) atoms. The van der Waals surface area contributed by atoms with Gasteiger partial charge in [-0.2, -0.15) is 18.3 Å². The highest BCUT2D eigenvalue weighted by molar-refractivity contribution is 5.71. The first-order chi connectivity index (χ1) is 12.9. The van der Waals surface area contributed by atoms with Crippen molar-refractivity contribution in [3.8, 4) is 11.3 Å². The Bertz CT molecular complexity index is 1000. The van der Waals surface area contributed by atoms with Crippen LogP contribution >= 0.6 is 0 Å². The standard InChI is InChI=1S/C17H18F3N7/c1-10-2-3-25(10)16-15-22-7-14(17(18,19)20)26(15)9-13(24-16)11-4-23-27(8-11)12-5-21-6-12/h4,7-10,12,21H,2-3,5-6H2,1H3/t10-/m0/s1. The number of halogens is 3. The average Bonchev–Trinajstić information content (AvgIpc) is 3.18. The molecule has 3 aromatic heterocycles. The van der Waals surface area contributed by atoms with Crippen molar-refractivity contribution in [2.24, 2.45) is 0 Å². The van der Waals surface area contributed by atoms with Gasteiger partial charge in [-0.25, -0.2) is 9.97 Å². The molecule has 0 aromatic carbocycles. The molecular weight excluding hydrogens is 359 g/mol. The Morgan fingerprint density at radius 3 is 2.59 bits per heavy atom. The average molecular weight is 377 g/mol. The second-order valence-electron chi connectivity index (χ2n) is 7.14. The fourth-order valence-corrected chi connectivity index (χ4v) is 3.48. The van der Waals surface area contributed by atoms with Gasteiger partial charge in [-0.05, 0) is 13.3 Å².